The lowest BCUT2D eigenvalue weighted by Crippen LogP contribution is -2.48. The molecule has 2 nitrogen and oxygen atoms in total. The molecule has 0 fully saturated rings. The van der Waals surface area contributed by atoms with Crippen LogP contribution in [0.2, 0.25) is 0 Å². The number of ether oxygens (including phenoxy) is 1. The minimum atomic E-state index is -1.98. The predicted molar refractivity (Wildman–Crippen MR) is 121 cm³/mol. The minimum absolute atomic E-state index is 0.181. The molecule has 0 aromatic heterocycles. The van der Waals surface area contributed by atoms with Crippen LogP contribution < -0.4 is 10.4 Å². The molecule has 0 saturated heterocycles. The van der Waals surface area contributed by atoms with Crippen LogP contribution in [0.5, 0.6) is 0 Å². The van der Waals surface area contributed by atoms with Gasteiger partial charge in [0.2, 0.25) is 9.04 Å². The van der Waals surface area contributed by atoms with Crippen molar-refractivity contribution in [3.05, 3.63) is 84.9 Å². The van der Waals surface area contributed by atoms with Gasteiger partial charge < -0.3 is 9.16 Å². The molecule has 0 aliphatic rings. The van der Waals surface area contributed by atoms with Crippen molar-refractivity contribution in [1.82, 2.24) is 0 Å². The standard InChI is InChI=1S/C25H26O2Si/c1-3-25(26-4-2)27-28(23-17-9-13-19-11-5-7-15-21(19)23)24-18-10-14-20-12-6-8-16-22(20)24/h5-18,25,28H,3-4H2,1-2H3. The number of benzene rings is 4. The van der Waals surface area contributed by atoms with Crippen LogP contribution in [0.4, 0.5) is 0 Å². The summed E-state index contributed by atoms with van der Waals surface area (Å²) >= 11 is 0. The molecular formula is C25H26O2Si. The van der Waals surface area contributed by atoms with E-state index in [1.807, 2.05) is 6.92 Å². The molecule has 4 aromatic rings. The van der Waals surface area contributed by atoms with Gasteiger partial charge in [-0.3, -0.25) is 0 Å². The van der Waals surface area contributed by atoms with Gasteiger partial charge in [-0.1, -0.05) is 91.9 Å². The molecule has 3 heteroatoms. The second-order valence-corrected chi connectivity index (χ2v) is 9.22. The van der Waals surface area contributed by atoms with E-state index in [1.165, 1.54) is 31.9 Å². The fourth-order valence-electron chi connectivity index (χ4n) is 3.86. The fourth-order valence-corrected chi connectivity index (χ4v) is 6.73. The molecule has 1 atom stereocenters. The molecule has 0 radical (unpaired) electrons. The molecule has 0 aliphatic heterocycles. The maximum Gasteiger partial charge on any atom is 0.244 e. The van der Waals surface area contributed by atoms with E-state index in [2.05, 4.69) is 91.9 Å². The summed E-state index contributed by atoms with van der Waals surface area (Å²) in [6.45, 7) is 4.81. The second-order valence-electron chi connectivity index (χ2n) is 6.95. The van der Waals surface area contributed by atoms with E-state index in [-0.39, 0.29) is 6.29 Å². The summed E-state index contributed by atoms with van der Waals surface area (Å²) in [7, 11) is -1.98. The summed E-state index contributed by atoms with van der Waals surface area (Å²) < 4.78 is 12.6. The molecule has 28 heavy (non-hydrogen) atoms. The van der Waals surface area contributed by atoms with E-state index in [0.29, 0.717) is 6.61 Å². The molecule has 4 rings (SSSR count). The highest BCUT2D eigenvalue weighted by Crippen LogP contribution is 2.17. The third-order valence-corrected chi connectivity index (χ3v) is 7.90. The summed E-state index contributed by atoms with van der Waals surface area (Å²) in [4.78, 5) is 0. The summed E-state index contributed by atoms with van der Waals surface area (Å²) in [5.74, 6) is 0. The lowest BCUT2D eigenvalue weighted by Gasteiger charge is -2.26. The third kappa shape index (κ3) is 3.74. The van der Waals surface area contributed by atoms with E-state index >= 15 is 0 Å². The van der Waals surface area contributed by atoms with Crippen molar-refractivity contribution >= 4 is 41.0 Å². The van der Waals surface area contributed by atoms with Crippen molar-refractivity contribution < 1.29 is 9.16 Å². The first-order valence-corrected chi connectivity index (χ1v) is 11.7. The number of fused-ring (bicyclic) bond motifs is 2. The third-order valence-electron chi connectivity index (χ3n) is 5.19. The molecule has 0 heterocycles. The molecule has 1 unspecified atom stereocenters. The largest absolute Gasteiger partial charge is 0.386 e. The Balaban J connectivity index is 1.91. The Labute approximate surface area is 168 Å². The molecule has 142 valence electrons. The quantitative estimate of drug-likeness (QED) is 0.341. The van der Waals surface area contributed by atoms with Crippen molar-refractivity contribution in [2.75, 3.05) is 6.61 Å². The Kier molecular flexibility index (Phi) is 5.86. The van der Waals surface area contributed by atoms with Gasteiger partial charge in [-0.2, -0.15) is 0 Å². The van der Waals surface area contributed by atoms with Gasteiger partial charge in [-0.15, -0.1) is 0 Å². The first-order chi connectivity index (χ1) is 13.8. The highest BCUT2D eigenvalue weighted by Gasteiger charge is 2.25. The van der Waals surface area contributed by atoms with Gasteiger partial charge >= 0.3 is 0 Å². The second kappa shape index (κ2) is 8.70. The SMILES string of the molecule is CCOC(CC)O[SiH](c1cccc2ccccc12)c1cccc2ccccc12. The lowest BCUT2D eigenvalue weighted by atomic mass is 10.1. The van der Waals surface area contributed by atoms with Gasteiger partial charge in [-0.05, 0) is 45.3 Å². The number of hydrogen-bond donors (Lipinski definition) is 0. The van der Waals surface area contributed by atoms with Crippen molar-refractivity contribution in [3.8, 4) is 0 Å². The van der Waals surface area contributed by atoms with Gasteiger partial charge in [0.15, 0.2) is 0 Å². The van der Waals surface area contributed by atoms with Gasteiger partial charge in [0.1, 0.15) is 6.29 Å². The predicted octanol–water partition coefficient (Wildman–Crippen LogP) is 4.62. The zero-order chi connectivity index (χ0) is 19.3. The van der Waals surface area contributed by atoms with Gasteiger partial charge in [0.25, 0.3) is 0 Å². The van der Waals surface area contributed by atoms with E-state index < -0.39 is 9.04 Å². The van der Waals surface area contributed by atoms with E-state index in [0.717, 1.165) is 6.42 Å². The van der Waals surface area contributed by atoms with Crippen LogP contribution in [0.1, 0.15) is 20.3 Å². The van der Waals surface area contributed by atoms with Crippen LogP contribution in [0.25, 0.3) is 21.5 Å². The zero-order valence-corrected chi connectivity index (χ0v) is 17.6. The van der Waals surface area contributed by atoms with Crippen LogP contribution in [-0.4, -0.2) is 21.9 Å². The molecule has 0 amide bonds. The average Bonchev–Trinajstić information content (AvgIpc) is 2.76. The monoisotopic (exact) mass is 386 g/mol. The van der Waals surface area contributed by atoms with Crippen LogP contribution >= 0.6 is 0 Å². The highest BCUT2D eigenvalue weighted by molar-refractivity contribution is 6.83. The van der Waals surface area contributed by atoms with Crippen LogP contribution in [0, 0.1) is 0 Å². The van der Waals surface area contributed by atoms with E-state index in [4.69, 9.17) is 9.16 Å². The zero-order valence-electron chi connectivity index (χ0n) is 16.5. The lowest BCUT2D eigenvalue weighted by molar-refractivity contribution is -0.0769. The van der Waals surface area contributed by atoms with Gasteiger partial charge in [0.05, 0.1) is 0 Å². The summed E-state index contributed by atoms with van der Waals surface area (Å²) in [5.41, 5.74) is 0. The Morgan fingerprint density at radius 1 is 0.679 bits per heavy atom. The Morgan fingerprint density at radius 3 is 1.68 bits per heavy atom. The number of hydrogen-bond acceptors (Lipinski definition) is 2. The van der Waals surface area contributed by atoms with E-state index in [9.17, 15) is 0 Å². The average molecular weight is 387 g/mol. The molecule has 0 bridgehead atoms. The van der Waals surface area contributed by atoms with Crippen LogP contribution in [-0.2, 0) is 9.16 Å². The first-order valence-electron chi connectivity index (χ1n) is 10.0. The fraction of sp³-hybridized carbons (Fsp3) is 0.200. The first kappa shape index (κ1) is 18.9. The molecule has 0 saturated carbocycles. The van der Waals surface area contributed by atoms with Crippen LogP contribution in [0.15, 0.2) is 84.9 Å². The topological polar surface area (TPSA) is 18.5 Å². The molecular weight excluding hydrogens is 360 g/mol. The smallest absolute Gasteiger partial charge is 0.244 e. The molecule has 0 N–H and O–H groups in total. The maximum atomic E-state index is 6.75. The molecule has 0 spiro atoms. The summed E-state index contributed by atoms with van der Waals surface area (Å²) in [5, 5.41) is 7.69. The van der Waals surface area contributed by atoms with Gasteiger partial charge in [-0.25, -0.2) is 0 Å². The number of rotatable bonds is 7. The van der Waals surface area contributed by atoms with Crippen molar-refractivity contribution in [1.29, 1.82) is 0 Å². The van der Waals surface area contributed by atoms with Crippen LogP contribution in [0.3, 0.4) is 0 Å². The Bertz CT molecular complexity index is 986. The Morgan fingerprint density at radius 2 is 1.18 bits per heavy atom. The minimum Gasteiger partial charge on any atom is -0.386 e. The molecule has 4 aromatic carbocycles. The van der Waals surface area contributed by atoms with Gasteiger partial charge in [0, 0.05) is 6.61 Å². The van der Waals surface area contributed by atoms with Crippen molar-refractivity contribution in [3.63, 3.8) is 0 Å². The summed E-state index contributed by atoms with van der Waals surface area (Å²) in [6.07, 6.45) is 0.659. The van der Waals surface area contributed by atoms with Crippen molar-refractivity contribution in [2.24, 2.45) is 0 Å². The Hall–Kier alpha value is -2.46. The normalized spacial score (nSPS) is 12.7. The highest BCUT2D eigenvalue weighted by atomic mass is 28.3. The van der Waals surface area contributed by atoms with Crippen molar-refractivity contribution in [2.45, 2.75) is 26.6 Å². The summed E-state index contributed by atoms with van der Waals surface area (Å²) in [6, 6.07) is 30.3. The van der Waals surface area contributed by atoms with E-state index in [1.54, 1.807) is 0 Å². The molecule has 0 aliphatic carbocycles. The maximum absolute atomic E-state index is 6.75.